The van der Waals surface area contributed by atoms with E-state index in [1.807, 2.05) is 0 Å². The lowest BCUT2D eigenvalue weighted by molar-refractivity contribution is -0.121. The van der Waals surface area contributed by atoms with E-state index in [-0.39, 0.29) is 17.9 Å². The quantitative estimate of drug-likeness (QED) is 0.852. The topological polar surface area (TPSA) is 77.2 Å². The van der Waals surface area contributed by atoms with Gasteiger partial charge in [0.25, 0.3) is 0 Å². The van der Waals surface area contributed by atoms with Crippen molar-refractivity contribution in [2.75, 3.05) is 12.4 Å². The maximum Gasteiger partial charge on any atom is 0.237 e. The maximum absolute atomic E-state index is 12.2. The van der Waals surface area contributed by atoms with Gasteiger partial charge >= 0.3 is 0 Å². The molecule has 18 heavy (non-hydrogen) atoms. The number of ether oxygens (including phenoxy) is 1. The van der Waals surface area contributed by atoms with E-state index in [2.05, 4.69) is 10.3 Å². The van der Waals surface area contributed by atoms with E-state index in [1.165, 1.54) is 7.11 Å². The second-order valence-electron chi connectivity index (χ2n) is 4.60. The molecule has 1 aromatic rings. The maximum atomic E-state index is 12.2. The highest BCUT2D eigenvalue weighted by Crippen LogP contribution is 2.26. The molecule has 0 radical (unpaired) electrons. The lowest BCUT2D eigenvalue weighted by Gasteiger charge is -2.27. The Kier molecular flexibility index (Phi) is 4.15. The van der Waals surface area contributed by atoms with Crippen LogP contribution < -0.4 is 15.8 Å². The Hall–Kier alpha value is -1.62. The van der Waals surface area contributed by atoms with Gasteiger partial charge < -0.3 is 15.8 Å². The number of nitrogens with zero attached hydrogens (tertiary/aromatic N) is 1. The molecule has 1 amide bonds. The summed E-state index contributed by atoms with van der Waals surface area (Å²) < 4.78 is 5.10. The van der Waals surface area contributed by atoms with E-state index in [0.717, 1.165) is 25.7 Å². The summed E-state index contributed by atoms with van der Waals surface area (Å²) in [6, 6.07) is 3.50. The SMILES string of the molecule is COc1ncccc1NC(=O)C1CCCCC1N. The Morgan fingerprint density at radius 2 is 2.28 bits per heavy atom. The zero-order valence-electron chi connectivity index (χ0n) is 10.6. The zero-order valence-corrected chi connectivity index (χ0v) is 10.6. The van der Waals surface area contributed by atoms with Crippen LogP contribution in [0.1, 0.15) is 25.7 Å². The van der Waals surface area contributed by atoms with E-state index < -0.39 is 0 Å². The van der Waals surface area contributed by atoms with Crippen molar-refractivity contribution in [2.24, 2.45) is 11.7 Å². The van der Waals surface area contributed by atoms with Gasteiger partial charge in [-0.15, -0.1) is 0 Å². The normalized spacial score (nSPS) is 23.4. The van der Waals surface area contributed by atoms with Crippen LogP contribution in [0.15, 0.2) is 18.3 Å². The van der Waals surface area contributed by atoms with Crippen LogP contribution >= 0.6 is 0 Å². The van der Waals surface area contributed by atoms with Crippen LogP contribution in [0.3, 0.4) is 0 Å². The summed E-state index contributed by atoms with van der Waals surface area (Å²) in [7, 11) is 1.53. The molecule has 2 rings (SSSR count). The van der Waals surface area contributed by atoms with E-state index in [1.54, 1.807) is 18.3 Å². The van der Waals surface area contributed by atoms with Gasteiger partial charge in [-0.25, -0.2) is 4.98 Å². The molecule has 0 aromatic carbocycles. The molecule has 2 atom stereocenters. The summed E-state index contributed by atoms with van der Waals surface area (Å²) >= 11 is 0. The molecule has 3 N–H and O–H groups in total. The average Bonchev–Trinajstić information content (AvgIpc) is 2.39. The highest BCUT2D eigenvalue weighted by Gasteiger charge is 2.28. The highest BCUT2D eigenvalue weighted by atomic mass is 16.5. The Labute approximate surface area is 107 Å². The Morgan fingerprint density at radius 3 is 3.00 bits per heavy atom. The van der Waals surface area contributed by atoms with Crippen molar-refractivity contribution in [2.45, 2.75) is 31.7 Å². The largest absolute Gasteiger partial charge is 0.480 e. The summed E-state index contributed by atoms with van der Waals surface area (Å²) in [5, 5.41) is 2.86. The summed E-state index contributed by atoms with van der Waals surface area (Å²) in [5.41, 5.74) is 6.60. The van der Waals surface area contributed by atoms with Crippen molar-refractivity contribution in [3.63, 3.8) is 0 Å². The van der Waals surface area contributed by atoms with Crippen molar-refractivity contribution in [1.82, 2.24) is 4.98 Å². The van der Waals surface area contributed by atoms with Crippen LogP contribution in [0.5, 0.6) is 5.88 Å². The molecule has 1 fully saturated rings. The van der Waals surface area contributed by atoms with Gasteiger partial charge in [0.05, 0.1) is 13.0 Å². The number of hydrogen-bond acceptors (Lipinski definition) is 4. The molecule has 1 aromatic heterocycles. The molecule has 0 aliphatic heterocycles. The molecule has 1 aliphatic carbocycles. The summed E-state index contributed by atoms with van der Waals surface area (Å²) in [6.45, 7) is 0. The molecule has 2 unspecified atom stereocenters. The molecular weight excluding hydrogens is 230 g/mol. The fourth-order valence-electron chi connectivity index (χ4n) is 2.36. The van der Waals surface area contributed by atoms with Crippen LogP contribution in [0.25, 0.3) is 0 Å². The number of pyridine rings is 1. The molecule has 5 heteroatoms. The minimum atomic E-state index is -0.108. The first-order valence-electron chi connectivity index (χ1n) is 6.28. The number of nitrogens with two attached hydrogens (primary N) is 1. The second-order valence-corrected chi connectivity index (χ2v) is 4.60. The van der Waals surface area contributed by atoms with Gasteiger partial charge in [-0.05, 0) is 25.0 Å². The molecule has 0 bridgehead atoms. The predicted molar refractivity (Wildman–Crippen MR) is 69.4 cm³/mol. The smallest absolute Gasteiger partial charge is 0.237 e. The van der Waals surface area contributed by atoms with Crippen molar-refractivity contribution < 1.29 is 9.53 Å². The molecule has 1 saturated carbocycles. The first-order chi connectivity index (χ1) is 8.72. The fourth-order valence-corrected chi connectivity index (χ4v) is 2.36. The monoisotopic (exact) mass is 249 g/mol. The van der Waals surface area contributed by atoms with E-state index in [9.17, 15) is 4.79 Å². The van der Waals surface area contributed by atoms with Crippen LogP contribution in [0.2, 0.25) is 0 Å². The Morgan fingerprint density at radius 1 is 1.50 bits per heavy atom. The van der Waals surface area contributed by atoms with Gasteiger partial charge in [0.15, 0.2) is 0 Å². The number of methoxy groups -OCH3 is 1. The van der Waals surface area contributed by atoms with E-state index in [0.29, 0.717) is 11.6 Å². The van der Waals surface area contributed by atoms with Crippen molar-refractivity contribution >= 4 is 11.6 Å². The Balaban J connectivity index is 2.06. The van der Waals surface area contributed by atoms with Gasteiger partial charge in [-0.2, -0.15) is 0 Å². The summed E-state index contributed by atoms with van der Waals surface area (Å²) in [4.78, 5) is 16.2. The number of amides is 1. The van der Waals surface area contributed by atoms with Gasteiger partial charge in [-0.3, -0.25) is 4.79 Å². The van der Waals surface area contributed by atoms with Crippen molar-refractivity contribution in [3.05, 3.63) is 18.3 Å². The van der Waals surface area contributed by atoms with Crippen molar-refractivity contribution in [1.29, 1.82) is 0 Å². The number of anilines is 1. The summed E-state index contributed by atoms with van der Waals surface area (Å²) in [5.74, 6) is 0.285. The van der Waals surface area contributed by atoms with E-state index in [4.69, 9.17) is 10.5 Å². The Bertz CT molecular complexity index is 422. The lowest BCUT2D eigenvalue weighted by Crippen LogP contribution is -2.40. The minimum absolute atomic E-state index is 0.0338. The third-order valence-electron chi connectivity index (χ3n) is 3.38. The number of nitrogens with one attached hydrogen (secondary N) is 1. The first-order valence-corrected chi connectivity index (χ1v) is 6.28. The van der Waals surface area contributed by atoms with E-state index >= 15 is 0 Å². The third-order valence-corrected chi connectivity index (χ3v) is 3.38. The number of rotatable bonds is 3. The molecule has 1 aliphatic rings. The van der Waals surface area contributed by atoms with Crippen LogP contribution in [0.4, 0.5) is 5.69 Å². The molecule has 5 nitrogen and oxygen atoms in total. The van der Waals surface area contributed by atoms with Crippen molar-refractivity contribution in [3.8, 4) is 5.88 Å². The minimum Gasteiger partial charge on any atom is -0.480 e. The van der Waals surface area contributed by atoms with Crippen LogP contribution in [0, 0.1) is 5.92 Å². The molecule has 0 spiro atoms. The third kappa shape index (κ3) is 2.79. The van der Waals surface area contributed by atoms with Crippen LogP contribution in [-0.4, -0.2) is 24.0 Å². The number of hydrogen-bond donors (Lipinski definition) is 2. The average molecular weight is 249 g/mol. The van der Waals surface area contributed by atoms with Gasteiger partial charge in [0, 0.05) is 12.2 Å². The predicted octanol–water partition coefficient (Wildman–Crippen LogP) is 1.55. The number of carbonyl (C=O) groups is 1. The molecule has 98 valence electrons. The first kappa shape index (κ1) is 12.8. The molecule has 0 saturated heterocycles. The fraction of sp³-hybridized carbons (Fsp3) is 0.538. The highest BCUT2D eigenvalue weighted by molar-refractivity contribution is 5.94. The number of carbonyl (C=O) groups excluding carboxylic acids is 1. The molecular formula is C13H19N3O2. The second kappa shape index (κ2) is 5.82. The standard InChI is InChI=1S/C13H19N3O2/c1-18-13-11(7-4-8-15-13)16-12(17)9-5-2-3-6-10(9)14/h4,7-10H,2-3,5-6,14H2,1H3,(H,16,17). The zero-order chi connectivity index (χ0) is 13.0. The lowest BCUT2D eigenvalue weighted by atomic mass is 9.84. The van der Waals surface area contributed by atoms with Gasteiger partial charge in [0.2, 0.25) is 11.8 Å². The summed E-state index contributed by atoms with van der Waals surface area (Å²) in [6.07, 6.45) is 5.58. The molecule has 1 heterocycles. The van der Waals surface area contributed by atoms with Gasteiger partial charge in [-0.1, -0.05) is 12.8 Å². The van der Waals surface area contributed by atoms with Crippen LogP contribution in [-0.2, 0) is 4.79 Å². The van der Waals surface area contributed by atoms with Gasteiger partial charge in [0.1, 0.15) is 5.69 Å². The number of aromatic nitrogens is 1.